The minimum atomic E-state index is -0.506. The second-order valence-corrected chi connectivity index (χ2v) is 5.51. The van der Waals surface area contributed by atoms with Crippen LogP contribution in [0.2, 0.25) is 0 Å². The van der Waals surface area contributed by atoms with Gasteiger partial charge in [0.25, 0.3) is 5.06 Å². The molecule has 19 heavy (non-hydrogen) atoms. The number of hydrogen-bond acceptors (Lipinski definition) is 6. The van der Waals surface area contributed by atoms with E-state index in [2.05, 4.69) is 4.90 Å². The molecule has 0 aliphatic carbocycles. The van der Waals surface area contributed by atoms with Crippen molar-refractivity contribution in [3.8, 4) is 5.06 Å². The highest BCUT2D eigenvalue weighted by molar-refractivity contribution is 7.16. The van der Waals surface area contributed by atoms with Gasteiger partial charge in [0.05, 0.1) is 9.80 Å². The van der Waals surface area contributed by atoms with Crippen molar-refractivity contribution in [3.05, 3.63) is 21.1 Å². The van der Waals surface area contributed by atoms with E-state index in [-0.39, 0.29) is 16.5 Å². The lowest BCUT2D eigenvalue weighted by atomic mass is 10.3. The summed E-state index contributed by atoms with van der Waals surface area (Å²) in [5, 5.41) is 11.1. The van der Waals surface area contributed by atoms with E-state index >= 15 is 0 Å². The lowest BCUT2D eigenvalue weighted by molar-refractivity contribution is -0.385. The number of carbonyl (C=O) groups is 1. The summed E-state index contributed by atoms with van der Waals surface area (Å²) in [7, 11) is 0. The Bertz CT molecular complexity index is 480. The number of carbonyl (C=O) groups excluding carboxylic acids is 1. The molecule has 0 N–H and O–H groups in total. The molecule has 2 heterocycles. The van der Waals surface area contributed by atoms with E-state index in [1.54, 1.807) is 0 Å². The van der Waals surface area contributed by atoms with Gasteiger partial charge in [-0.2, -0.15) is 0 Å². The predicted molar refractivity (Wildman–Crippen MR) is 72.1 cm³/mol. The normalized spacial score (nSPS) is 15.6. The monoisotopic (exact) mass is 284 g/mol. The van der Waals surface area contributed by atoms with Crippen molar-refractivity contribution >= 4 is 22.8 Å². The zero-order valence-electron chi connectivity index (χ0n) is 10.8. The van der Waals surface area contributed by atoms with Gasteiger partial charge in [-0.1, -0.05) is 11.3 Å². The molecule has 0 spiro atoms. The molecule has 0 aromatic carbocycles. The first kappa shape index (κ1) is 14.0. The summed E-state index contributed by atoms with van der Waals surface area (Å²) in [5.74, 6) is -0.178. The Morgan fingerprint density at radius 1 is 1.53 bits per heavy atom. The summed E-state index contributed by atoms with van der Waals surface area (Å²) < 4.78 is 5.47. The molecule has 0 atom stereocenters. The maximum Gasteiger partial charge on any atom is 0.323 e. The largest absolute Gasteiger partial charge is 0.478 e. The van der Waals surface area contributed by atoms with Gasteiger partial charge in [-0.3, -0.25) is 19.8 Å². The second-order valence-electron chi connectivity index (χ2n) is 4.49. The van der Waals surface area contributed by atoms with Crippen molar-refractivity contribution in [1.29, 1.82) is 0 Å². The second kappa shape index (κ2) is 6.12. The molecule has 0 amide bonds. The SMILES string of the molecule is CC(=O)c1cc([N+](=O)[O-])c(OCCN2CCCC2)s1. The Morgan fingerprint density at radius 3 is 2.79 bits per heavy atom. The highest BCUT2D eigenvalue weighted by atomic mass is 32.1. The summed E-state index contributed by atoms with van der Waals surface area (Å²) in [5.41, 5.74) is -0.114. The van der Waals surface area contributed by atoms with E-state index in [9.17, 15) is 14.9 Å². The first-order valence-electron chi connectivity index (χ1n) is 6.22. The van der Waals surface area contributed by atoms with Crippen molar-refractivity contribution in [2.24, 2.45) is 0 Å². The Labute approximate surface area is 115 Å². The van der Waals surface area contributed by atoms with Crippen molar-refractivity contribution in [2.75, 3.05) is 26.2 Å². The third kappa shape index (κ3) is 3.51. The standard InChI is InChI=1S/C12H16N2O4S/c1-9(15)11-8-10(14(16)17)12(19-11)18-7-6-13-4-2-3-5-13/h8H,2-7H2,1H3. The molecule has 0 bridgehead atoms. The smallest absolute Gasteiger partial charge is 0.323 e. The maximum atomic E-state index is 11.2. The Hall–Kier alpha value is -1.47. The molecule has 7 heteroatoms. The molecule has 2 rings (SSSR count). The molecule has 1 aromatic rings. The number of likely N-dealkylation sites (tertiary alicyclic amines) is 1. The Morgan fingerprint density at radius 2 is 2.21 bits per heavy atom. The van der Waals surface area contributed by atoms with Crippen LogP contribution in [0.25, 0.3) is 0 Å². The molecule has 1 aliphatic heterocycles. The van der Waals surface area contributed by atoms with Crippen LogP contribution >= 0.6 is 11.3 Å². The number of Topliss-reactive ketones (excluding diaryl/α,β-unsaturated/α-hetero) is 1. The summed E-state index contributed by atoms with van der Waals surface area (Å²) in [6.45, 7) is 4.70. The van der Waals surface area contributed by atoms with Crippen LogP contribution in [0, 0.1) is 10.1 Å². The van der Waals surface area contributed by atoms with Crippen molar-refractivity contribution in [1.82, 2.24) is 4.90 Å². The number of ketones is 1. The van der Waals surface area contributed by atoms with E-state index < -0.39 is 4.92 Å². The van der Waals surface area contributed by atoms with Gasteiger partial charge in [0.1, 0.15) is 6.61 Å². The zero-order valence-corrected chi connectivity index (χ0v) is 11.6. The average molecular weight is 284 g/mol. The van der Waals surface area contributed by atoms with E-state index in [0.717, 1.165) is 31.0 Å². The first-order chi connectivity index (χ1) is 9.08. The number of thiophene rings is 1. The molecule has 104 valence electrons. The van der Waals surface area contributed by atoms with E-state index in [1.165, 1.54) is 25.8 Å². The van der Waals surface area contributed by atoms with Crippen LogP contribution in [-0.2, 0) is 0 Å². The van der Waals surface area contributed by atoms with Crippen LogP contribution < -0.4 is 4.74 Å². The topological polar surface area (TPSA) is 72.7 Å². The lowest BCUT2D eigenvalue weighted by Crippen LogP contribution is -2.24. The molecule has 1 fully saturated rings. The quantitative estimate of drug-likeness (QED) is 0.455. The minimum Gasteiger partial charge on any atom is -0.478 e. The van der Waals surface area contributed by atoms with Gasteiger partial charge in [-0.05, 0) is 32.9 Å². The number of rotatable bonds is 6. The van der Waals surface area contributed by atoms with Gasteiger partial charge in [0.15, 0.2) is 5.78 Å². The summed E-state index contributed by atoms with van der Waals surface area (Å²) >= 11 is 1.05. The fourth-order valence-electron chi connectivity index (χ4n) is 2.04. The van der Waals surface area contributed by atoms with Gasteiger partial charge in [0.2, 0.25) is 0 Å². The van der Waals surface area contributed by atoms with Gasteiger partial charge in [-0.15, -0.1) is 0 Å². The Kier molecular flexibility index (Phi) is 4.49. The number of ether oxygens (including phenoxy) is 1. The van der Waals surface area contributed by atoms with Crippen LogP contribution in [-0.4, -0.2) is 41.8 Å². The van der Waals surface area contributed by atoms with Crippen molar-refractivity contribution < 1.29 is 14.5 Å². The fraction of sp³-hybridized carbons (Fsp3) is 0.583. The van der Waals surface area contributed by atoms with E-state index in [0.29, 0.717) is 11.5 Å². The molecule has 0 saturated carbocycles. The van der Waals surface area contributed by atoms with E-state index in [1.807, 2.05) is 0 Å². The summed E-state index contributed by atoms with van der Waals surface area (Å²) in [6, 6.07) is 1.29. The predicted octanol–water partition coefficient (Wildman–Crippen LogP) is 2.33. The Balaban J connectivity index is 1.97. The minimum absolute atomic E-state index is 0.114. The molecule has 6 nitrogen and oxygen atoms in total. The highest BCUT2D eigenvalue weighted by Gasteiger charge is 2.22. The highest BCUT2D eigenvalue weighted by Crippen LogP contribution is 2.37. The number of hydrogen-bond donors (Lipinski definition) is 0. The van der Waals surface area contributed by atoms with Crippen molar-refractivity contribution in [3.63, 3.8) is 0 Å². The fourth-order valence-corrected chi connectivity index (χ4v) is 2.94. The van der Waals surface area contributed by atoms with Crippen LogP contribution in [0.3, 0.4) is 0 Å². The molecule has 1 aliphatic rings. The van der Waals surface area contributed by atoms with Gasteiger partial charge in [0, 0.05) is 12.6 Å². The van der Waals surface area contributed by atoms with Crippen LogP contribution in [0.4, 0.5) is 5.69 Å². The van der Waals surface area contributed by atoms with E-state index in [4.69, 9.17) is 4.74 Å². The zero-order chi connectivity index (χ0) is 13.8. The molecule has 0 unspecified atom stereocenters. The maximum absolute atomic E-state index is 11.2. The van der Waals surface area contributed by atoms with Crippen LogP contribution in [0.15, 0.2) is 6.07 Å². The first-order valence-corrected chi connectivity index (χ1v) is 7.04. The van der Waals surface area contributed by atoms with Gasteiger partial charge >= 0.3 is 5.69 Å². The van der Waals surface area contributed by atoms with Gasteiger partial charge < -0.3 is 4.74 Å². The molecule has 1 saturated heterocycles. The third-order valence-corrected chi connectivity index (χ3v) is 4.20. The van der Waals surface area contributed by atoms with Gasteiger partial charge in [-0.25, -0.2) is 0 Å². The molecule has 0 radical (unpaired) electrons. The lowest BCUT2D eigenvalue weighted by Gasteiger charge is -2.13. The summed E-state index contributed by atoms with van der Waals surface area (Å²) in [4.78, 5) is 24.3. The molecule has 1 aromatic heterocycles. The van der Waals surface area contributed by atoms with Crippen LogP contribution in [0.5, 0.6) is 5.06 Å². The third-order valence-electron chi connectivity index (χ3n) is 3.06. The molecular weight excluding hydrogens is 268 g/mol. The number of nitro groups is 1. The summed E-state index contributed by atoms with van der Waals surface area (Å²) in [6.07, 6.45) is 2.40. The van der Waals surface area contributed by atoms with Crippen LogP contribution in [0.1, 0.15) is 29.4 Å². The number of nitrogens with zero attached hydrogens (tertiary/aromatic N) is 2. The average Bonchev–Trinajstić information content (AvgIpc) is 2.97. The molecular formula is C12H16N2O4S. The van der Waals surface area contributed by atoms with Crippen molar-refractivity contribution in [2.45, 2.75) is 19.8 Å².